The Hall–Kier alpha value is -1.40. The van der Waals surface area contributed by atoms with Gasteiger partial charge >= 0.3 is 5.97 Å². The molecule has 72 heavy (non-hydrogen) atoms. The summed E-state index contributed by atoms with van der Waals surface area (Å²) in [5.41, 5.74) is 0. The molecule has 0 spiro atoms. The van der Waals surface area contributed by atoms with E-state index in [9.17, 15) is 19.8 Å². The molecule has 2 atom stereocenters. The molecule has 0 fully saturated rings. The molecule has 0 bridgehead atoms. The molecule has 6 nitrogen and oxygen atoms in total. The quantitative estimate of drug-likeness (QED) is 0.0320. The molecule has 0 aliphatic rings. The Kier molecular flexibility index (Phi) is 60.9. The molecule has 0 aliphatic heterocycles. The molecular weight excluding hydrogens is 887 g/mol. The molecule has 428 valence electrons. The number of hydrogen-bond acceptors (Lipinski definition) is 5. The van der Waals surface area contributed by atoms with Gasteiger partial charge in [0.2, 0.25) is 5.91 Å². The minimum absolute atomic E-state index is 0.00633. The number of esters is 1. The SMILES string of the molecule is CCCCCCCC/C=C\CCCCCCCC(=O)OCCCCCCCCCCCCCCCCCCCCCCCCC(=O)NC(CO)C(O)CCCCCCCCCCCCCCCCCCCC. The minimum atomic E-state index is -0.664. The van der Waals surface area contributed by atoms with Crippen LogP contribution in [0.1, 0.15) is 373 Å². The number of amides is 1. The van der Waals surface area contributed by atoms with Crippen molar-refractivity contribution in [3.8, 4) is 0 Å². The smallest absolute Gasteiger partial charge is 0.305 e. The van der Waals surface area contributed by atoms with Gasteiger partial charge in [0.1, 0.15) is 0 Å². The molecule has 0 aliphatic carbocycles. The van der Waals surface area contributed by atoms with Crippen molar-refractivity contribution in [1.29, 1.82) is 0 Å². The number of unbranched alkanes of at least 4 members (excludes halogenated alkanes) is 49. The summed E-state index contributed by atoms with van der Waals surface area (Å²) < 4.78 is 5.49. The number of carbonyl (C=O) groups is 2. The Labute approximate surface area is 450 Å². The standard InChI is InChI=1S/C66H129NO5/c1-3-5-7-9-11-13-15-17-19-20-27-31-34-38-42-46-50-54-58-64(69)63(62-68)67-65(70)59-55-51-47-43-39-35-32-28-25-23-21-22-24-26-29-33-37-41-45-49-53-57-61-72-66(71)60-56-52-48-44-40-36-30-18-16-14-12-10-8-6-4-2/h18,30,63-64,68-69H,3-17,19-29,31-62H2,1-2H3,(H,67,70)/b30-18-. The molecule has 3 N–H and O–H groups in total. The zero-order valence-electron chi connectivity index (χ0n) is 48.9. The first kappa shape index (κ1) is 70.6. The predicted molar refractivity (Wildman–Crippen MR) is 315 cm³/mol. The first-order chi connectivity index (χ1) is 35.5. The van der Waals surface area contributed by atoms with Gasteiger partial charge in [-0.1, -0.05) is 321 Å². The van der Waals surface area contributed by atoms with Gasteiger partial charge in [0.15, 0.2) is 0 Å². The summed E-state index contributed by atoms with van der Waals surface area (Å²) in [6.07, 6.45) is 75.2. The van der Waals surface area contributed by atoms with Crippen molar-refractivity contribution in [1.82, 2.24) is 5.32 Å². The largest absolute Gasteiger partial charge is 0.466 e. The molecule has 6 heteroatoms. The third-order valence-corrected chi connectivity index (χ3v) is 15.6. The monoisotopic (exact) mass is 1020 g/mol. The highest BCUT2D eigenvalue weighted by molar-refractivity contribution is 5.76. The first-order valence-electron chi connectivity index (χ1n) is 32.9. The number of ether oxygens (including phenoxy) is 1. The topological polar surface area (TPSA) is 95.9 Å². The van der Waals surface area contributed by atoms with Crippen LogP contribution in [0.3, 0.4) is 0 Å². The van der Waals surface area contributed by atoms with Crippen LogP contribution in [0.15, 0.2) is 12.2 Å². The van der Waals surface area contributed by atoms with Crippen molar-refractivity contribution in [2.24, 2.45) is 0 Å². The van der Waals surface area contributed by atoms with Gasteiger partial charge in [-0.25, -0.2) is 0 Å². The fourth-order valence-corrected chi connectivity index (χ4v) is 10.5. The van der Waals surface area contributed by atoms with Crippen LogP contribution in [-0.2, 0) is 14.3 Å². The Morgan fingerprint density at radius 2 is 0.653 bits per heavy atom. The summed E-state index contributed by atoms with van der Waals surface area (Å²) in [5.74, 6) is -0.0251. The van der Waals surface area contributed by atoms with Crippen LogP contribution >= 0.6 is 0 Å². The van der Waals surface area contributed by atoms with E-state index in [1.54, 1.807) is 0 Å². The van der Waals surface area contributed by atoms with Gasteiger partial charge in [0.05, 0.1) is 25.4 Å². The van der Waals surface area contributed by atoms with Gasteiger partial charge in [-0.2, -0.15) is 0 Å². The van der Waals surface area contributed by atoms with Gasteiger partial charge in [-0.05, 0) is 51.4 Å². The molecule has 0 rings (SSSR count). The van der Waals surface area contributed by atoms with Gasteiger partial charge in [-0.3, -0.25) is 9.59 Å². The second kappa shape index (κ2) is 62.1. The van der Waals surface area contributed by atoms with Crippen LogP contribution in [0.4, 0.5) is 0 Å². The Morgan fingerprint density at radius 3 is 0.986 bits per heavy atom. The lowest BCUT2D eigenvalue weighted by Crippen LogP contribution is -2.45. The van der Waals surface area contributed by atoms with Gasteiger partial charge in [0.25, 0.3) is 0 Å². The molecule has 0 saturated carbocycles. The van der Waals surface area contributed by atoms with Crippen molar-refractivity contribution in [3.05, 3.63) is 12.2 Å². The third kappa shape index (κ3) is 57.9. The predicted octanol–water partition coefficient (Wildman–Crippen LogP) is 20.8. The average Bonchev–Trinajstić information content (AvgIpc) is 3.38. The lowest BCUT2D eigenvalue weighted by molar-refractivity contribution is -0.143. The minimum Gasteiger partial charge on any atom is -0.466 e. The van der Waals surface area contributed by atoms with Crippen LogP contribution < -0.4 is 5.32 Å². The Morgan fingerprint density at radius 1 is 0.375 bits per heavy atom. The van der Waals surface area contributed by atoms with E-state index in [2.05, 4.69) is 31.3 Å². The second-order valence-corrected chi connectivity index (χ2v) is 22.8. The molecule has 0 heterocycles. The molecule has 0 aromatic rings. The zero-order chi connectivity index (χ0) is 52.2. The summed E-state index contributed by atoms with van der Waals surface area (Å²) in [4.78, 5) is 24.6. The Balaban J connectivity index is 3.37. The fourth-order valence-electron chi connectivity index (χ4n) is 10.5. The number of hydrogen-bond donors (Lipinski definition) is 3. The molecule has 0 aromatic heterocycles. The van der Waals surface area contributed by atoms with E-state index in [4.69, 9.17) is 4.74 Å². The van der Waals surface area contributed by atoms with Crippen molar-refractivity contribution in [3.63, 3.8) is 0 Å². The van der Waals surface area contributed by atoms with Crippen molar-refractivity contribution in [2.45, 2.75) is 386 Å². The van der Waals surface area contributed by atoms with E-state index in [0.29, 0.717) is 25.9 Å². The average molecular weight is 1020 g/mol. The van der Waals surface area contributed by atoms with Crippen molar-refractivity contribution >= 4 is 11.9 Å². The summed E-state index contributed by atoms with van der Waals surface area (Å²) in [6.45, 7) is 4.98. The highest BCUT2D eigenvalue weighted by atomic mass is 16.5. The highest BCUT2D eigenvalue weighted by Gasteiger charge is 2.20. The third-order valence-electron chi connectivity index (χ3n) is 15.6. The van der Waals surface area contributed by atoms with E-state index in [0.717, 1.165) is 44.9 Å². The number of nitrogens with one attached hydrogen (secondary N) is 1. The molecule has 0 saturated heterocycles. The maximum absolute atomic E-state index is 12.5. The highest BCUT2D eigenvalue weighted by Crippen LogP contribution is 2.19. The van der Waals surface area contributed by atoms with Crippen LogP contribution in [-0.4, -0.2) is 47.4 Å². The van der Waals surface area contributed by atoms with Crippen molar-refractivity contribution < 1.29 is 24.5 Å². The molecule has 1 amide bonds. The molecule has 0 radical (unpaired) electrons. The number of allylic oxidation sites excluding steroid dienone is 2. The first-order valence-corrected chi connectivity index (χ1v) is 32.9. The maximum Gasteiger partial charge on any atom is 0.305 e. The second-order valence-electron chi connectivity index (χ2n) is 22.8. The van der Waals surface area contributed by atoms with Crippen LogP contribution in [0.25, 0.3) is 0 Å². The van der Waals surface area contributed by atoms with E-state index in [1.807, 2.05) is 0 Å². The van der Waals surface area contributed by atoms with E-state index >= 15 is 0 Å². The van der Waals surface area contributed by atoms with Gasteiger partial charge < -0.3 is 20.3 Å². The lowest BCUT2D eigenvalue weighted by Gasteiger charge is -2.22. The van der Waals surface area contributed by atoms with Crippen molar-refractivity contribution in [2.75, 3.05) is 13.2 Å². The summed E-state index contributed by atoms with van der Waals surface area (Å²) in [6, 6.07) is -0.541. The lowest BCUT2D eigenvalue weighted by atomic mass is 10.0. The van der Waals surface area contributed by atoms with Crippen LogP contribution in [0.5, 0.6) is 0 Å². The van der Waals surface area contributed by atoms with E-state index in [1.165, 1.54) is 295 Å². The summed E-state index contributed by atoms with van der Waals surface area (Å²) in [5, 5.41) is 23.4. The fraction of sp³-hybridized carbons (Fsp3) is 0.939. The van der Waals surface area contributed by atoms with E-state index < -0.39 is 12.1 Å². The molecule has 0 aromatic carbocycles. The van der Waals surface area contributed by atoms with Gasteiger partial charge in [-0.15, -0.1) is 0 Å². The summed E-state index contributed by atoms with van der Waals surface area (Å²) >= 11 is 0. The van der Waals surface area contributed by atoms with Crippen LogP contribution in [0, 0.1) is 0 Å². The maximum atomic E-state index is 12.5. The van der Waals surface area contributed by atoms with Crippen LogP contribution in [0.2, 0.25) is 0 Å². The number of carbonyl (C=O) groups excluding carboxylic acids is 2. The number of aliphatic hydroxyl groups excluding tert-OH is 2. The normalized spacial score (nSPS) is 12.6. The summed E-state index contributed by atoms with van der Waals surface area (Å²) in [7, 11) is 0. The zero-order valence-corrected chi connectivity index (χ0v) is 48.9. The number of rotatable bonds is 62. The molecule has 2 unspecified atom stereocenters. The Bertz CT molecular complexity index is 1080. The molecular formula is C66H129NO5. The van der Waals surface area contributed by atoms with Gasteiger partial charge in [0, 0.05) is 12.8 Å². The number of aliphatic hydroxyl groups is 2. The van der Waals surface area contributed by atoms with E-state index in [-0.39, 0.29) is 18.5 Å².